The van der Waals surface area contributed by atoms with Crippen LogP contribution in [0, 0.1) is 17.8 Å². The standard InChI is InChI=1S/C32H40BrN5O5/c1-16(2)12-24-29(40)37-11-7-10-25(37)32(42)38(24)30(41)31(43-32,17(3)4)35-28(39)18-13-20-19-8-6-9-22-26(19)21(27(33)34-22)14-23(20)36(5)15-18/h6,8-9,13,16-18,23-25,34,42H,7,10-12,14-15H2,1-5H3,(H,35,39)/t18-,23+,24-,25-,31-,32-/m0/s1. The van der Waals surface area contributed by atoms with Crippen LogP contribution in [-0.2, 0) is 25.5 Å². The van der Waals surface area contributed by atoms with Crippen molar-refractivity contribution in [3.8, 4) is 0 Å². The molecule has 1 aliphatic carbocycles. The van der Waals surface area contributed by atoms with E-state index in [1.165, 1.54) is 15.8 Å². The number of rotatable bonds is 5. The number of nitrogens with zero attached hydrogens (tertiary/aromatic N) is 3. The summed E-state index contributed by atoms with van der Waals surface area (Å²) < 4.78 is 7.43. The van der Waals surface area contributed by atoms with Gasteiger partial charge in [0.05, 0.1) is 10.5 Å². The van der Waals surface area contributed by atoms with Crippen molar-refractivity contribution in [1.29, 1.82) is 0 Å². The lowest BCUT2D eigenvalue weighted by atomic mass is 9.79. The number of likely N-dealkylation sites (N-methyl/N-ethyl adjacent to an activating group) is 1. The van der Waals surface area contributed by atoms with Crippen molar-refractivity contribution in [3.05, 3.63) is 40.0 Å². The Bertz CT molecular complexity index is 1570. The molecular weight excluding hydrogens is 614 g/mol. The van der Waals surface area contributed by atoms with Crippen LogP contribution in [0.15, 0.2) is 28.9 Å². The number of ether oxygens (including phenoxy) is 1. The summed E-state index contributed by atoms with van der Waals surface area (Å²) in [6.07, 6.45) is 4.49. The van der Waals surface area contributed by atoms with Crippen LogP contribution in [0.3, 0.4) is 0 Å². The highest BCUT2D eigenvalue weighted by Crippen LogP contribution is 2.49. The van der Waals surface area contributed by atoms with Gasteiger partial charge >= 0.3 is 0 Å². The molecule has 3 N–H and O–H groups in total. The molecule has 0 spiro atoms. The molecular formula is C32H40BrN5O5. The molecule has 230 valence electrons. The van der Waals surface area contributed by atoms with Crippen LogP contribution in [-0.4, -0.2) is 92.4 Å². The Morgan fingerprint density at radius 3 is 2.74 bits per heavy atom. The third-order valence-corrected chi connectivity index (χ3v) is 10.9. The van der Waals surface area contributed by atoms with E-state index in [1.807, 2.05) is 33.0 Å². The van der Waals surface area contributed by atoms with Crippen LogP contribution in [0.2, 0.25) is 0 Å². The van der Waals surface area contributed by atoms with Crippen molar-refractivity contribution < 1.29 is 24.2 Å². The van der Waals surface area contributed by atoms with E-state index in [-0.39, 0.29) is 23.8 Å². The van der Waals surface area contributed by atoms with Gasteiger partial charge in [0.2, 0.25) is 17.5 Å². The fourth-order valence-electron chi connectivity index (χ4n) is 8.15. The van der Waals surface area contributed by atoms with E-state index in [1.54, 1.807) is 18.7 Å². The first kappa shape index (κ1) is 29.0. The largest absolute Gasteiger partial charge is 0.349 e. The molecule has 0 radical (unpaired) electrons. The minimum atomic E-state index is -2.01. The molecule has 5 heterocycles. The Morgan fingerprint density at radius 2 is 2.02 bits per heavy atom. The van der Waals surface area contributed by atoms with Crippen LogP contribution in [0.25, 0.3) is 16.5 Å². The maximum absolute atomic E-state index is 14.4. The fourth-order valence-corrected chi connectivity index (χ4v) is 8.72. The molecule has 4 aliphatic heterocycles. The molecule has 10 nitrogen and oxygen atoms in total. The van der Waals surface area contributed by atoms with E-state index in [4.69, 9.17) is 4.74 Å². The number of H-pyrrole nitrogens is 1. The number of aromatic nitrogens is 1. The zero-order valence-corrected chi connectivity index (χ0v) is 26.9. The maximum Gasteiger partial charge on any atom is 0.281 e. The summed E-state index contributed by atoms with van der Waals surface area (Å²) in [6, 6.07) is 4.76. The Kier molecular flexibility index (Phi) is 6.67. The number of aliphatic hydroxyl groups is 1. The Balaban J connectivity index is 1.25. The number of amides is 3. The summed E-state index contributed by atoms with van der Waals surface area (Å²) in [5.41, 5.74) is 2.68. The number of fused-ring (bicyclic) bond motifs is 5. The van der Waals surface area contributed by atoms with Gasteiger partial charge in [-0.3, -0.25) is 28.9 Å². The van der Waals surface area contributed by atoms with Gasteiger partial charge in [0, 0.05) is 36.0 Å². The number of halogens is 1. The van der Waals surface area contributed by atoms with E-state index in [9.17, 15) is 19.5 Å². The van der Waals surface area contributed by atoms with Crippen molar-refractivity contribution in [3.63, 3.8) is 0 Å². The Labute approximate surface area is 259 Å². The Hall–Kier alpha value is -2.73. The molecule has 3 saturated heterocycles. The first-order valence-electron chi connectivity index (χ1n) is 15.5. The molecule has 6 atom stereocenters. The van der Waals surface area contributed by atoms with E-state index in [0.29, 0.717) is 25.9 Å². The van der Waals surface area contributed by atoms with Crippen LogP contribution < -0.4 is 5.32 Å². The molecule has 2 aromatic rings. The van der Waals surface area contributed by atoms with Crippen molar-refractivity contribution in [2.45, 2.75) is 83.1 Å². The van der Waals surface area contributed by atoms with Gasteiger partial charge in [0.25, 0.3) is 11.8 Å². The Morgan fingerprint density at radius 1 is 1.26 bits per heavy atom. The average Bonchev–Trinajstić information content (AvgIpc) is 3.63. The average molecular weight is 655 g/mol. The quantitative estimate of drug-likeness (QED) is 0.456. The normalized spacial score (nSPS) is 33.7. The van der Waals surface area contributed by atoms with Crippen molar-refractivity contribution in [2.24, 2.45) is 17.8 Å². The number of piperazine rings is 1. The van der Waals surface area contributed by atoms with Gasteiger partial charge in [-0.2, -0.15) is 0 Å². The predicted octanol–water partition coefficient (Wildman–Crippen LogP) is 3.19. The zero-order valence-electron chi connectivity index (χ0n) is 25.3. The minimum absolute atomic E-state index is 0.104. The van der Waals surface area contributed by atoms with Crippen molar-refractivity contribution in [1.82, 2.24) is 25.0 Å². The second-order valence-electron chi connectivity index (χ2n) is 13.7. The van der Waals surface area contributed by atoms with Gasteiger partial charge in [0.1, 0.15) is 12.1 Å². The van der Waals surface area contributed by atoms with Gasteiger partial charge in [-0.25, -0.2) is 0 Å². The molecule has 3 fully saturated rings. The van der Waals surface area contributed by atoms with Crippen LogP contribution in [0.4, 0.5) is 0 Å². The topological polar surface area (TPSA) is 118 Å². The van der Waals surface area contributed by atoms with Crippen LogP contribution in [0.1, 0.15) is 58.1 Å². The number of benzene rings is 1. The maximum atomic E-state index is 14.4. The molecule has 1 aromatic heterocycles. The summed E-state index contributed by atoms with van der Waals surface area (Å²) in [5, 5.41) is 16.3. The first-order chi connectivity index (χ1) is 20.4. The number of aromatic amines is 1. The highest BCUT2D eigenvalue weighted by molar-refractivity contribution is 9.10. The highest BCUT2D eigenvalue weighted by Gasteiger charge is 2.72. The summed E-state index contributed by atoms with van der Waals surface area (Å²) >= 11 is 3.70. The van der Waals surface area contributed by atoms with Gasteiger partial charge in [-0.1, -0.05) is 45.9 Å². The highest BCUT2D eigenvalue weighted by atomic mass is 79.9. The molecule has 43 heavy (non-hydrogen) atoms. The number of hydrogen-bond acceptors (Lipinski definition) is 6. The van der Waals surface area contributed by atoms with Crippen molar-refractivity contribution in [2.75, 3.05) is 20.1 Å². The molecule has 11 heteroatoms. The molecule has 0 saturated carbocycles. The predicted molar refractivity (Wildman–Crippen MR) is 164 cm³/mol. The zero-order chi connectivity index (χ0) is 30.6. The monoisotopic (exact) mass is 653 g/mol. The lowest BCUT2D eigenvalue weighted by Crippen LogP contribution is -2.71. The number of carbonyl (C=O) groups excluding carboxylic acids is 3. The van der Waals surface area contributed by atoms with Gasteiger partial charge in [-0.05, 0) is 77.3 Å². The summed E-state index contributed by atoms with van der Waals surface area (Å²) in [5.74, 6) is -4.01. The van der Waals surface area contributed by atoms with Gasteiger partial charge < -0.3 is 20.3 Å². The smallest absolute Gasteiger partial charge is 0.281 e. The van der Waals surface area contributed by atoms with E-state index in [0.717, 1.165) is 34.1 Å². The van der Waals surface area contributed by atoms with Crippen LogP contribution in [0.5, 0.6) is 0 Å². The van der Waals surface area contributed by atoms with Crippen molar-refractivity contribution >= 4 is 50.1 Å². The molecule has 3 amide bonds. The SMILES string of the molecule is CC(C)C[C@H]1C(=O)N2CCC[C@H]2[C@]2(O)O[C@@](NC(=O)[C@H]3C=C4c5cccc6[nH]c(Br)c(c56)C[C@H]4N(C)C3)(C(C)C)C(=O)N12. The van der Waals surface area contributed by atoms with Gasteiger partial charge in [-0.15, -0.1) is 0 Å². The molecule has 0 unspecified atom stereocenters. The minimum Gasteiger partial charge on any atom is -0.349 e. The first-order valence-corrected chi connectivity index (χ1v) is 16.3. The number of carbonyl (C=O) groups is 3. The molecule has 5 aliphatic rings. The third kappa shape index (κ3) is 4.04. The van der Waals surface area contributed by atoms with E-state index in [2.05, 4.69) is 43.3 Å². The number of nitrogens with one attached hydrogen (secondary N) is 2. The fraction of sp³-hybridized carbons (Fsp3) is 0.594. The summed E-state index contributed by atoms with van der Waals surface area (Å²) in [7, 11) is 2.03. The third-order valence-electron chi connectivity index (χ3n) is 10.3. The second kappa shape index (κ2) is 9.89. The van der Waals surface area contributed by atoms with E-state index >= 15 is 0 Å². The lowest BCUT2D eigenvalue weighted by Gasteiger charge is -2.49. The summed E-state index contributed by atoms with van der Waals surface area (Å²) in [6.45, 7) is 8.57. The lowest BCUT2D eigenvalue weighted by molar-refractivity contribution is -0.322. The van der Waals surface area contributed by atoms with Gasteiger partial charge in [0.15, 0.2) is 0 Å². The second-order valence-corrected chi connectivity index (χ2v) is 14.5. The molecule has 7 rings (SSSR count). The molecule has 0 bridgehead atoms. The molecule has 1 aromatic carbocycles. The van der Waals surface area contributed by atoms with Crippen LogP contribution >= 0.6 is 15.9 Å². The van der Waals surface area contributed by atoms with E-state index < -0.39 is 41.5 Å². The summed E-state index contributed by atoms with van der Waals surface area (Å²) in [4.78, 5) is 50.8. The number of hydrogen-bond donors (Lipinski definition) is 3.